The monoisotopic (exact) mass is 383 g/mol. The Morgan fingerprint density at radius 3 is 2.50 bits per heavy atom. The highest BCUT2D eigenvalue weighted by molar-refractivity contribution is 8.00. The molecule has 0 saturated carbocycles. The molecule has 3 rings (SSSR count). The third-order valence-corrected chi connectivity index (χ3v) is 5.61. The number of thioether (sulfide) groups is 1. The summed E-state index contributed by atoms with van der Waals surface area (Å²) in [5, 5.41) is 0.714. The molecule has 1 aliphatic rings. The summed E-state index contributed by atoms with van der Waals surface area (Å²) in [6.07, 6.45) is -1.63. The zero-order valence-corrected chi connectivity index (χ0v) is 15.4. The fourth-order valence-electron chi connectivity index (χ4n) is 3.40. The molecule has 8 heteroatoms. The molecule has 26 heavy (non-hydrogen) atoms. The van der Waals surface area contributed by atoms with E-state index in [9.17, 15) is 18.0 Å². The Kier molecular flexibility index (Phi) is 5.41. The number of likely N-dealkylation sites (tertiary alicyclic amines) is 1. The van der Waals surface area contributed by atoms with Crippen molar-refractivity contribution in [2.75, 3.05) is 5.75 Å². The van der Waals surface area contributed by atoms with E-state index in [1.807, 2.05) is 18.7 Å². The van der Waals surface area contributed by atoms with Crippen LogP contribution in [-0.4, -0.2) is 38.6 Å². The van der Waals surface area contributed by atoms with Crippen molar-refractivity contribution in [3.05, 3.63) is 30.1 Å². The van der Waals surface area contributed by atoms with E-state index in [4.69, 9.17) is 0 Å². The molecular formula is C18H20F3N3OS. The van der Waals surface area contributed by atoms with Gasteiger partial charge in [0.15, 0.2) is 0 Å². The predicted octanol–water partition coefficient (Wildman–Crippen LogP) is 4.53. The maximum Gasteiger partial charge on any atom is 0.451 e. The minimum atomic E-state index is -4.63. The number of nitrogens with zero attached hydrogens (tertiary/aromatic N) is 3. The summed E-state index contributed by atoms with van der Waals surface area (Å²) < 4.78 is 39.2. The van der Waals surface area contributed by atoms with Crippen molar-refractivity contribution in [1.82, 2.24) is 14.9 Å². The lowest BCUT2D eigenvalue weighted by atomic mass is 9.98. The number of hydrogen-bond acceptors (Lipinski definition) is 4. The van der Waals surface area contributed by atoms with E-state index in [2.05, 4.69) is 9.97 Å². The SMILES string of the molecule is C[C@@H]1CCC[C@@H](C)N1C(=O)CSc1nc(C(F)(F)F)nc2ccccc12. The van der Waals surface area contributed by atoms with E-state index in [1.165, 1.54) is 6.07 Å². The van der Waals surface area contributed by atoms with Gasteiger partial charge in [-0.15, -0.1) is 0 Å². The number of carbonyl (C=O) groups is 1. The molecule has 2 heterocycles. The van der Waals surface area contributed by atoms with Gasteiger partial charge in [0.2, 0.25) is 11.7 Å². The molecule has 0 N–H and O–H groups in total. The molecule has 0 bridgehead atoms. The Morgan fingerprint density at radius 1 is 1.19 bits per heavy atom. The number of fused-ring (bicyclic) bond motifs is 1. The van der Waals surface area contributed by atoms with E-state index in [0.29, 0.717) is 5.39 Å². The lowest BCUT2D eigenvalue weighted by molar-refractivity contribution is -0.145. The summed E-state index contributed by atoms with van der Waals surface area (Å²) >= 11 is 1.04. The first-order chi connectivity index (χ1) is 12.3. The van der Waals surface area contributed by atoms with Crippen LogP contribution in [0.5, 0.6) is 0 Å². The topological polar surface area (TPSA) is 46.1 Å². The van der Waals surface area contributed by atoms with Crippen LogP contribution in [0.1, 0.15) is 38.9 Å². The number of aromatic nitrogens is 2. The normalized spacial score (nSPS) is 21.2. The quantitative estimate of drug-likeness (QED) is 0.577. The lowest BCUT2D eigenvalue weighted by Gasteiger charge is -2.39. The lowest BCUT2D eigenvalue weighted by Crippen LogP contribution is -2.48. The van der Waals surface area contributed by atoms with Gasteiger partial charge in [-0.1, -0.05) is 30.0 Å². The second kappa shape index (κ2) is 7.42. The van der Waals surface area contributed by atoms with Crippen LogP contribution >= 0.6 is 11.8 Å². The number of piperidine rings is 1. The number of amides is 1. The summed E-state index contributed by atoms with van der Waals surface area (Å²) in [7, 11) is 0. The average Bonchev–Trinajstić information content (AvgIpc) is 2.58. The summed E-state index contributed by atoms with van der Waals surface area (Å²) in [6.45, 7) is 4.03. The number of halogens is 3. The first-order valence-corrected chi connectivity index (χ1v) is 9.54. The minimum absolute atomic E-state index is 0.0625. The smallest absolute Gasteiger partial charge is 0.337 e. The van der Waals surface area contributed by atoms with Crippen LogP contribution in [0.3, 0.4) is 0 Å². The number of hydrogen-bond donors (Lipinski definition) is 0. The molecule has 1 aromatic carbocycles. The highest BCUT2D eigenvalue weighted by Gasteiger charge is 2.36. The molecule has 0 aliphatic carbocycles. The van der Waals surface area contributed by atoms with Crippen LogP contribution in [0.4, 0.5) is 13.2 Å². The van der Waals surface area contributed by atoms with Gasteiger partial charge in [-0.25, -0.2) is 9.97 Å². The Morgan fingerprint density at radius 2 is 1.85 bits per heavy atom. The second-order valence-electron chi connectivity index (χ2n) is 6.59. The van der Waals surface area contributed by atoms with Gasteiger partial charge in [0.05, 0.1) is 11.3 Å². The maximum atomic E-state index is 13.1. The fraction of sp³-hybridized carbons (Fsp3) is 0.500. The molecule has 140 valence electrons. The second-order valence-corrected chi connectivity index (χ2v) is 7.55. The predicted molar refractivity (Wildman–Crippen MR) is 94.9 cm³/mol. The van der Waals surface area contributed by atoms with Crippen molar-refractivity contribution < 1.29 is 18.0 Å². The number of alkyl halides is 3. The number of rotatable bonds is 3. The summed E-state index contributed by atoms with van der Waals surface area (Å²) in [6, 6.07) is 6.85. The van der Waals surface area contributed by atoms with Crippen LogP contribution in [0.2, 0.25) is 0 Å². The number of carbonyl (C=O) groups excluding carboxylic acids is 1. The average molecular weight is 383 g/mol. The van der Waals surface area contributed by atoms with Gasteiger partial charge in [0, 0.05) is 17.5 Å². The molecule has 1 aliphatic heterocycles. The van der Waals surface area contributed by atoms with Gasteiger partial charge >= 0.3 is 6.18 Å². The summed E-state index contributed by atoms with van der Waals surface area (Å²) in [4.78, 5) is 21.8. The van der Waals surface area contributed by atoms with E-state index in [0.717, 1.165) is 31.0 Å². The minimum Gasteiger partial charge on any atom is -0.337 e. The molecular weight excluding hydrogens is 363 g/mol. The van der Waals surface area contributed by atoms with Crippen molar-refractivity contribution in [3.8, 4) is 0 Å². The molecule has 0 unspecified atom stereocenters. The van der Waals surface area contributed by atoms with Gasteiger partial charge in [-0.05, 0) is 39.2 Å². The van der Waals surface area contributed by atoms with Crippen molar-refractivity contribution in [2.45, 2.75) is 56.4 Å². The highest BCUT2D eigenvalue weighted by Crippen LogP contribution is 2.32. The Hall–Kier alpha value is -1.83. The van der Waals surface area contributed by atoms with Crippen LogP contribution in [0, 0.1) is 0 Å². The third kappa shape index (κ3) is 3.95. The molecule has 2 aromatic rings. The van der Waals surface area contributed by atoms with Crippen LogP contribution in [0.15, 0.2) is 29.3 Å². The summed E-state index contributed by atoms with van der Waals surface area (Å²) in [5.74, 6) is -1.18. The molecule has 1 amide bonds. The van der Waals surface area contributed by atoms with Gasteiger partial charge in [0.25, 0.3) is 0 Å². The molecule has 0 spiro atoms. The molecule has 0 radical (unpaired) electrons. The van der Waals surface area contributed by atoms with E-state index >= 15 is 0 Å². The summed E-state index contributed by atoms with van der Waals surface area (Å²) in [5.41, 5.74) is 0.226. The fourth-order valence-corrected chi connectivity index (χ4v) is 4.29. The third-order valence-electron chi connectivity index (χ3n) is 4.64. The Labute approximate surface area is 154 Å². The van der Waals surface area contributed by atoms with Crippen LogP contribution in [0.25, 0.3) is 10.9 Å². The molecule has 1 fully saturated rings. The van der Waals surface area contributed by atoms with Gasteiger partial charge in [0.1, 0.15) is 5.03 Å². The van der Waals surface area contributed by atoms with Crippen LogP contribution in [-0.2, 0) is 11.0 Å². The number of benzene rings is 1. The van der Waals surface area contributed by atoms with E-state index in [1.54, 1.807) is 18.2 Å². The van der Waals surface area contributed by atoms with Gasteiger partial charge < -0.3 is 4.90 Å². The number of para-hydroxylation sites is 1. The zero-order chi connectivity index (χ0) is 18.9. The molecule has 4 nitrogen and oxygen atoms in total. The van der Waals surface area contributed by atoms with Crippen molar-refractivity contribution in [3.63, 3.8) is 0 Å². The van der Waals surface area contributed by atoms with Crippen molar-refractivity contribution in [1.29, 1.82) is 0 Å². The van der Waals surface area contributed by atoms with E-state index in [-0.39, 0.29) is 34.3 Å². The first kappa shape index (κ1) is 18.9. The zero-order valence-electron chi connectivity index (χ0n) is 14.6. The standard InChI is InChI=1S/C18H20F3N3OS/c1-11-6-5-7-12(2)24(11)15(25)10-26-16-13-8-3-4-9-14(13)22-17(23-16)18(19,20)21/h3-4,8-9,11-12H,5-7,10H2,1-2H3/t11-,12-/m1/s1. The Balaban J connectivity index is 1.85. The van der Waals surface area contributed by atoms with E-state index < -0.39 is 12.0 Å². The molecule has 2 atom stereocenters. The first-order valence-electron chi connectivity index (χ1n) is 8.55. The maximum absolute atomic E-state index is 13.1. The Bertz CT molecular complexity index is 802. The molecule has 1 aromatic heterocycles. The van der Waals surface area contributed by atoms with Crippen LogP contribution < -0.4 is 0 Å². The molecule has 1 saturated heterocycles. The van der Waals surface area contributed by atoms with Gasteiger partial charge in [-0.2, -0.15) is 13.2 Å². The largest absolute Gasteiger partial charge is 0.451 e. The van der Waals surface area contributed by atoms with Crippen molar-refractivity contribution >= 4 is 28.6 Å². The highest BCUT2D eigenvalue weighted by atomic mass is 32.2. The van der Waals surface area contributed by atoms with Crippen molar-refractivity contribution in [2.24, 2.45) is 0 Å². The van der Waals surface area contributed by atoms with Gasteiger partial charge in [-0.3, -0.25) is 4.79 Å².